The zero-order valence-corrected chi connectivity index (χ0v) is 9.67. The van der Waals surface area contributed by atoms with Crippen molar-refractivity contribution >= 4 is 5.91 Å². The van der Waals surface area contributed by atoms with Gasteiger partial charge in [-0.1, -0.05) is 6.92 Å². The first-order valence-corrected chi connectivity index (χ1v) is 5.30. The van der Waals surface area contributed by atoms with E-state index in [1.807, 2.05) is 6.92 Å². The van der Waals surface area contributed by atoms with Crippen LogP contribution in [0.1, 0.15) is 26.7 Å². The first-order chi connectivity index (χ1) is 7.42. The summed E-state index contributed by atoms with van der Waals surface area (Å²) in [5.41, 5.74) is 4.47. The lowest BCUT2D eigenvalue weighted by Gasteiger charge is -2.35. The van der Waals surface area contributed by atoms with Crippen molar-refractivity contribution in [3.8, 4) is 0 Å². The molecule has 0 saturated carbocycles. The maximum Gasteiger partial charge on any atom is 0.214 e. The molecule has 1 fully saturated rings. The van der Waals surface area contributed by atoms with Crippen LogP contribution in [0.3, 0.4) is 0 Å². The number of hydrogen-bond acceptors (Lipinski definition) is 5. The second kappa shape index (κ2) is 7.56. The second-order valence-corrected chi connectivity index (χ2v) is 3.79. The standard InChI is InChI=1S/C8H16O4.C2H5NO/c1-2-5-3-6(10)8(11)7(4-9)12-5;1-2(3)4/h5-11H,2-4H2,1H3;1H3,(H2,3,4)/t5-,6?,7?,8?;/m0./s1. The molecule has 0 radical (unpaired) electrons. The molecule has 1 aliphatic heterocycles. The Balaban J connectivity index is 0.000000487. The molecule has 0 aliphatic carbocycles. The van der Waals surface area contributed by atoms with Crippen molar-refractivity contribution in [2.24, 2.45) is 5.73 Å². The summed E-state index contributed by atoms with van der Waals surface area (Å²) >= 11 is 0. The van der Waals surface area contributed by atoms with Crippen LogP contribution in [0.2, 0.25) is 0 Å². The molecule has 4 atom stereocenters. The SMILES string of the molecule is CC(N)=O.CC[C@H]1CC(O)C(O)C(CO)O1. The Hall–Kier alpha value is -0.690. The van der Waals surface area contributed by atoms with E-state index in [1.165, 1.54) is 6.92 Å². The fraction of sp³-hybridized carbons (Fsp3) is 0.900. The van der Waals surface area contributed by atoms with Crippen molar-refractivity contribution in [3.05, 3.63) is 0 Å². The van der Waals surface area contributed by atoms with Crippen molar-refractivity contribution in [3.63, 3.8) is 0 Å². The normalized spacial score (nSPS) is 33.8. The molecular weight excluding hydrogens is 214 g/mol. The molecule has 1 saturated heterocycles. The van der Waals surface area contributed by atoms with E-state index in [4.69, 9.17) is 9.84 Å². The van der Waals surface area contributed by atoms with Gasteiger partial charge in [-0.25, -0.2) is 0 Å². The number of ether oxygens (including phenoxy) is 1. The Labute approximate surface area is 95.0 Å². The molecule has 1 rings (SSSR count). The number of aliphatic hydroxyl groups is 3. The number of nitrogens with two attached hydrogens (primary N) is 1. The van der Waals surface area contributed by atoms with Gasteiger partial charge in [0.25, 0.3) is 0 Å². The van der Waals surface area contributed by atoms with E-state index in [-0.39, 0.29) is 18.6 Å². The summed E-state index contributed by atoms with van der Waals surface area (Å²) in [6.45, 7) is 3.01. The van der Waals surface area contributed by atoms with Gasteiger partial charge in [0.1, 0.15) is 12.2 Å². The molecule has 6 heteroatoms. The Morgan fingerprint density at radius 3 is 2.38 bits per heavy atom. The predicted molar refractivity (Wildman–Crippen MR) is 57.5 cm³/mol. The van der Waals surface area contributed by atoms with Crippen LogP contribution < -0.4 is 5.73 Å². The summed E-state index contributed by atoms with van der Waals surface area (Å²) < 4.78 is 5.31. The average Bonchev–Trinajstić information content (AvgIpc) is 2.21. The van der Waals surface area contributed by atoms with E-state index in [0.717, 1.165) is 6.42 Å². The van der Waals surface area contributed by atoms with Crippen LogP contribution in [0.4, 0.5) is 0 Å². The van der Waals surface area contributed by atoms with E-state index < -0.39 is 18.3 Å². The number of primary amides is 1. The molecular formula is C10H21NO5. The van der Waals surface area contributed by atoms with Crippen LogP contribution in [0.25, 0.3) is 0 Å². The third-order valence-corrected chi connectivity index (χ3v) is 2.28. The molecule has 5 N–H and O–H groups in total. The molecule has 0 bridgehead atoms. The van der Waals surface area contributed by atoms with Crippen molar-refractivity contribution in [2.45, 2.75) is 51.1 Å². The zero-order valence-electron chi connectivity index (χ0n) is 9.67. The fourth-order valence-electron chi connectivity index (χ4n) is 1.45. The molecule has 16 heavy (non-hydrogen) atoms. The first-order valence-electron chi connectivity index (χ1n) is 5.30. The number of amides is 1. The summed E-state index contributed by atoms with van der Waals surface area (Å²) in [6.07, 6.45) is -1.13. The van der Waals surface area contributed by atoms with Gasteiger partial charge in [0.05, 0.1) is 18.8 Å². The van der Waals surface area contributed by atoms with Gasteiger partial charge < -0.3 is 25.8 Å². The lowest BCUT2D eigenvalue weighted by Crippen LogP contribution is -2.49. The van der Waals surface area contributed by atoms with Gasteiger partial charge in [-0.3, -0.25) is 4.79 Å². The summed E-state index contributed by atoms with van der Waals surface area (Å²) in [6, 6.07) is 0. The number of carbonyl (C=O) groups is 1. The molecule has 1 aliphatic rings. The Kier molecular flexibility index (Phi) is 7.24. The smallest absolute Gasteiger partial charge is 0.214 e. The van der Waals surface area contributed by atoms with Crippen LogP contribution in [-0.2, 0) is 9.53 Å². The summed E-state index contributed by atoms with van der Waals surface area (Å²) in [5.74, 6) is -0.333. The van der Waals surface area contributed by atoms with Gasteiger partial charge in [-0.05, 0) is 6.42 Å². The maximum atomic E-state index is 9.34. The van der Waals surface area contributed by atoms with Gasteiger partial charge in [0.15, 0.2) is 0 Å². The molecule has 0 aromatic rings. The average molecular weight is 235 g/mol. The molecule has 0 aromatic carbocycles. The molecule has 0 spiro atoms. The lowest BCUT2D eigenvalue weighted by molar-refractivity contribution is -0.179. The number of carbonyl (C=O) groups excluding carboxylic acids is 1. The fourth-order valence-corrected chi connectivity index (χ4v) is 1.45. The first kappa shape index (κ1) is 15.3. The largest absolute Gasteiger partial charge is 0.394 e. The Morgan fingerprint density at radius 1 is 1.50 bits per heavy atom. The second-order valence-electron chi connectivity index (χ2n) is 3.79. The third-order valence-electron chi connectivity index (χ3n) is 2.28. The molecule has 6 nitrogen and oxygen atoms in total. The van der Waals surface area contributed by atoms with Gasteiger partial charge in [0, 0.05) is 13.3 Å². The Morgan fingerprint density at radius 2 is 2.00 bits per heavy atom. The van der Waals surface area contributed by atoms with Crippen LogP contribution in [0, 0.1) is 0 Å². The van der Waals surface area contributed by atoms with Gasteiger partial charge in [-0.2, -0.15) is 0 Å². The van der Waals surface area contributed by atoms with Crippen LogP contribution in [0.5, 0.6) is 0 Å². The van der Waals surface area contributed by atoms with E-state index in [0.29, 0.717) is 6.42 Å². The predicted octanol–water partition coefficient (Wildman–Crippen LogP) is -1.24. The van der Waals surface area contributed by atoms with E-state index in [1.54, 1.807) is 0 Å². The third kappa shape index (κ3) is 5.41. The van der Waals surface area contributed by atoms with Crippen LogP contribution >= 0.6 is 0 Å². The van der Waals surface area contributed by atoms with Crippen molar-refractivity contribution in [1.82, 2.24) is 0 Å². The lowest BCUT2D eigenvalue weighted by atomic mass is 9.97. The monoisotopic (exact) mass is 235 g/mol. The molecule has 0 aromatic heterocycles. The van der Waals surface area contributed by atoms with Crippen molar-refractivity contribution in [2.75, 3.05) is 6.61 Å². The Bertz CT molecular complexity index is 207. The highest BCUT2D eigenvalue weighted by molar-refractivity contribution is 5.70. The van der Waals surface area contributed by atoms with Crippen LogP contribution in [-0.4, -0.2) is 52.2 Å². The minimum atomic E-state index is -0.946. The van der Waals surface area contributed by atoms with Gasteiger partial charge in [-0.15, -0.1) is 0 Å². The molecule has 96 valence electrons. The highest BCUT2D eigenvalue weighted by atomic mass is 16.5. The van der Waals surface area contributed by atoms with E-state index >= 15 is 0 Å². The number of hydrogen-bond donors (Lipinski definition) is 4. The quantitative estimate of drug-likeness (QED) is 0.478. The minimum Gasteiger partial charge on any atom is -0.394 e. The van der Waals surface area contributed by atoms with Crippen molar-refractivity contribution < 1.29 is 24.9 Å². The van der Waals surface area contributed by atoms with Crippen LogP contribution in [0.15, 0.2) is 0 Å². The highest BCUT2D eigenvalue weighted by Crippen LogP contribution is 2.21. The molecule has 1 heterocycles. The molecule has 1 amide bonds. The summed E-state index contributed by atoms with van der Waals surface area (Å²) in [7, 11) is 0. The summed E-state index contributed by atoms with van der Waals surface area (Å²) in [4.78, 5) is 9.22. The highest BCUT2D eigenvalue weighted by Gasteiger charge is 2.35. The topological polar surface area (TPSA) is 113 Å². The van der Waals surface area contributed by atoms with Crippen molar-refractivity contribution in [1.29, 1.82) is 0 Å². The van der Waals surface area contributed by atoms with E-state index in [9.17, 15) is 15.0 Å². The number of rotatable bonds is 2. The minimum absolute atomic E-state index is 0.0412. The van der Waals surface area contributed by atoms with Gasteiger partial charge in [0.2, 0.25) is 5.91 Å². The number of aliphatic hydroxyl groups excluding tert-OH is 3. The van der Waals surface area contributed by atoms with E-state index in [2.05, 4.69) is 5.73 Å². The summed E-state index contributed by atoms with van der Waals surface area (Å²) in [5, 5.41) is 27.5. The zero-order chi connectivity index (χ0) is 12.7. The molecule has 3 unspecified atom stereocenters. The maximum absolute atomic E-state index is 9.34. The van der Waals surface area contributed by atoms with Gasteiger partial charge >= 0.3 is 0 Å².